The monoisotopic (exact) mass is 437 g/mol. The number of ether oxygens (including phenoxy) is 1. The molecule has 32 heavy (non-hydrogen) atoms. The minimum absolute atomic E-state index is 0.00241. The number of methoxy groups -OCH3 is 1. The van der Waals surface area contributed by atoms with E-state index in [1.54, 1.807) is 7.11 Å². The van der Waals surface area contributed by atoms with Crippen LogP contribution in [0.15, 0.2) is 24.3 Å². The predicted octanol–water partition coefficient (Wildman–Crippen LogP) is 4.65. The van der Waals surface area contributed by atoms with E-state index in [4.69, 9.17) is 4.74 Å². The number of hydrogen-bond acceptors (Lipinski definition) is 3. The van der Waals surface area contributed by atoms with Crippen molar-refractivity contribution in [1.82, 2.24) is 14.8 Å². The minimum Gasteiger partial charge on any atom is -0.497 e. The maximum atomic E-state index is 14.0. The Morgan fingerprint density at radius 2 is 1.72 bits per heavy atom. The van der Waals surface area contributed by atoms with E-state index >= 15 is 0 Å². The maximum absolute atomic E-state index is 14.0. The summed E-state index contributed by atoms with van der Waals surface area (Å²) >= 11 is 0. The summed E-state index contributed by atoms with van der Waals surface area (Å²) in [5.41, 5.74) is 0.730. The molecule has 2 fully saturated rings. The fraction of sp³-hybridized carbons (Fsp3) is 0.615. The number of carbonyl (C=O) groups excluding carboxylic acids is 2. The first kappa shape index (κ1) is 21.4. The molecule has 1 aromatic carbocycles. The van der Waals surface area contributed by atoms with E-state index in [0.717, 1.165) is 55.2 Å². The molecule has 2 amide bonds. The standard InChI is InChI=1S/C26H35N3O3/c1-26(25(31)27-19-9-7-8-10-19)17-28-22-16-21(32-2)14-13-18(22)15-23(28)24(30)29(26)20-11-5-3-4-6-12-20/h13-16,19-20H,3-12,17H2,1-2H3,(H,27,31)/t26-/m1/s1. The van der Waals surface area contributed by atoms with Crippen molar-refractivity contribution in [2.75, 3.05) is 7.11 Å². The van der Waals surface area contributed by atoms with Gasteiger partial charge in [0.2, 0.25) is 5.91 Å². The summed E-state index contributed by atoms with van der Waals surface area (Å²) in [6.45, 7) is 2.45. The Morgan fingerprint density at radius 3 is 2.41 bits per heavy atom. The summed E-state index contributed by atoms with van der Waals surface area (Å²) in [7, 11) is 1.65. The summed E-state index contributed by atoms with van der Waals surface area (Å²) in [5.74, 6) is 0.744. The predicted molar refractivity (Wildman–Crippen MR) is 125 cm³/mol. The second-order valence-corrected chi connectivity index (χ2v) is 10.1. The molecular formula is C26H35N3O3. The molecule has 0 unspecified atom stereocenters. The van der Waals surface area contributed by atoms with Gasteiger partial charge in [-0.25, -0.2) is 0 Å². The lowest BCUT2D eigenvalue weighted by atomic mass is 9.90. The van der Waals surface area contributed by atoms with Gasteiger partial charge in [0, 0.05) is 23.5 Å². The molecule has 0 radical (unpaired) electrons. The van der Waals surface area contributed by atoms with Crippen LogP contribution in [0.2, 0.25) is 0 Å². The van der Waals surface area contributed by atoms with Crippen LogP contribution < -0.4 is 10.1 Å². The lowest BCUT2D eigenvalue weighted by Gasteiger charge is -2.48. The Hall–Kier alpha value is -2.50. The Kier molecular flexibility index (Phi) is 5.64. The van der Waals surface area contributed by atoms with Crippen molar-refractivity contribution >= 4 is 22.7 Å². The molecule has 3 aliphatic rings. The molecule has 1 aromatic heterocycles. The third kappa shape index (κ3) is 3.57. The summed E-state index contributed by atoms with van der Waals surface area (Å²) in [5, 5.41) is 4.33. The van der Waals surface area contributed by atoms with E-state index in [0.29, 0.717) is 12.2 Å². The number of nitrogens with zero attached hydrogens (tertiary/aromatic N) is 2. The Labute approximate surface area is 190 Å². The molecule has 0 bridgehead atoms. The van der Waals surface area contributed by atoms with Crippen LogP contribution in [-0.2, 0) is 11.3 Å². The van der Waals surface area contributed by atoms with Gasteiger partial charge in [-0.05, 0) is 50.8 Å². The van der Waals surface area contributed by atoms with Crippen LogP contribution in [-0.4, -0.2) is 46.0 Å². The number of hydrogen-bond donors (Lipinski definition) is 1. The van der Waals surface area contributed by atoms with Crippen LogP contribution in [0, 0.1) is 0 Å². The number of rotatable bonds is 4. The number of nitrogens with one attached hydrogen (secondary N) is 1. The molecule has 1 N–H and O–H groups in total. The smallest absolute Gasteiger partial charge is 0.271 e. The fourth-order valence-electron chi connectivity index (χ4n) is 6.12. The van der Waals surface area contributed by atoms with Crippen LogP contribution in [0.3, 0.4) is 0 Å². The van der Waals surface area contributed by atoms with Gasteiger partial charge in [0.05, 0.1) is 19.2 Å². The largest absolute Gasteiger partial charge is 0.497 e. The Bertz CT molecular complexity index is 1010. The van der Waals surface area contributed by atoms with Crippen molar-refractivity contribution in [3.05, 3.63) is 30.0 Å². The van der Waals surface area contributed by atoms with Gasteiger partial charge in [0.15, 0.2) is 0 Å². The van der Waals surface area contributed by atoms with Crippen molar-refractivity contribution in [2.45, 2.75) is 95.3 Å². The molecule has 5 rings (SSSR count). The normalized spacial score (nSPS) is 25.1. The molecule has 2 aromatic rings. The van der Waals surface area contributed by atoms with E-state index in [2.05, 4.69) is 5.32 Å². The Balaban J connectivity index is 1.58. The van der Waals surface area contributed by atoms with Crippen molar-refractivity contribution in [1.29, 1.82) is 0 Å². The minimum atomic E-state index is -0.906. The molecule has 2 heterocycles. The summed E-state index contributed by atoms with van der Waals surface area (Å²) < 4.78 is 7.48. The van der Waals surface area contributed by atoms with E-state index in [-0.39, 0.29) is 23.9 Å². The zero-order valence-electron chi connectivity index (χ0n) is 19.4. The van der Waals surface area contributed by atoms with E-state index in [1.165, 1.54) is 25.7 Å². The molecule has 2 saturated carbocycles. The highest BCUT2D eigenvalue weighted by molar-refractivity contribution is 6.04. The van der Waals surface area contributed by atoms with Crippen LogP contribution in [0.1, 0.15) is 81.6 Å². The first-order chi connectivity index (χ1) is 15.5. The number of carbonyl (C=O) groups is 2. The highest BCUT2D eigenvalue weighted by atomic mass is 16.5. The first-order valence-corrected chi connectivity index (χ1v) is 12.3. The third-order valence-corrected chi connectivity index (χ3v) is 7.92. The van der Waals surface area contributed by atoms with Gasteiger partial charge in [-0.1, -0.05) is 38.5 Å². The second kappa shape index (κ2) is 8.45. The number of amides is 2. The summed E-state index contributed by atoms with van der Waals surface area (Å²) in [6.07, 6.45) is 11.0. The van der Waals surface area contributed by atoms with Gasteiger partial charge in [-0.3, -0.25) is 9.59 Å². The average molecular weight is 438 g/mol. The molecular weight excluding hydrogens is 402 g/mol. The highest BCUT2D eigenvalue weighted by Gasteiger charge is 2.50. The average Bonchev–Trinajstić information content (AvgIpc) is 3.34. The van der Waals surface area contributed by atoms with Crippen molar-refractivity contribution in [3.8, 4) is 5.75 Å². The molecule has 6 nitrogen and oxygen atoms in total. The van der Waals surface area contributed by atoms with Crippen LogP contribution in [0.25, 0.3) is 10.9 Å². The van der Waals surface area contributed by atoms with Crippen molar-refractivity contribution in [3.63, 3.8) is 0 Å². The topological polar surface area (TPSA) is 63.6 Å². The highest BCUT2D eigenvalue weighted by Crippen LogP contribution is 2.38. The first-order valence-electron chi connectivity index (χ1n) is 12.3. The van der Waals surface area contributed by atoms with Gasteiger partial charge in [-0.15, -0.1) is 0 Å². The zero-order valence-corrected chi connectivity index (χ0v) is 19.4. The molecule has 0 spiro atoms. The molecule has 6 heteroatoms. The van der Waals surface area contributed by atoms with Gasteiger partial charge in [-0.2, -0.15) is 0 Å². The van der Waals surface area contributed by atoms with E-state index in [9.17, 15) is 9.59 Å². The van der Waals surface area contributed by atoms with E-state index in [1.807, 2.05) is 40.7 Å². The second-order valence-electron chi connectivity index (χ2n) is 10.1. The molecule has 1 aliphatic heterocycles. The van der Waals surface area contributed by atoms with Gasteiger partial charge in [0.1, 0.15) is 17.0 Å². The van der Waals surface area contributed by atoms with Crippen molar-refractivity contribution in [2.24, 2.45) is 0 Å². The van der Waals surface area contributed by atoms with Gasteiger partial charge >= 0.3 is 0 Å². The lowest BCUT2D eigenvalue weighted by Crippen LogP contribution is -2.67. The van der Waals surface area contributed by atoms with Crippen LogP contribution in [0.5, 0.6) is 5.75 Å². The van der Waals surface area contributed by atoms with Crippen LogP contribution >= 0.6 is 0 Å². The fourth-order valence-corrected chi connectivity index (χ4v) is 6.12. The maximum Gasteiger partial charge on any atom is 0.271 e. The molecule has 0 saturated heterocycles. The molecule has 1 atom stereocenters. The molecule has 2 aliphatic carbocycles. The SMILES string of the molecule is COc1ccc2cc3n(c2c1)C[C@](C)(C(=O)NC1CCCC1)N(C1CCCCCC1)C3=O. The van der Waals surface area contributed by atoms with Gasteiger partial charge < -0.3 is 19.5 Å². The Morgan fingerprint density at radius 1 is 1.03 bits per heavy atom. The van der Waals surface area contributed by atoms with Crippen LogP contribution in [0.4, 0.5) is 0 Å². The summed E-state index contributed by atoms with van der Waals surface area (Å²) in [6, 6.07) is 8.23. The number of fused-ring (bicyclic) bond motifs is 3. The van der Waals surface area contributed by atoms with Gasteiger partial charge in [0.25, 0.3) is 5.91 Å². The number of aromatic nitrogens is 1. The quantitative estimate of drug-likeness (QED) is 0.709. The van der Waals surface area contributed by atoms with E-state index < -0.39 is 5.54 Å². The van der Waals surface area contributed by atoms with Crippen molar-refractivity contribution < 1.29 is 14.3 Å². The lowest BCUT2D eigenvalue weighted by molar-refractivity contribution is -0.135. The summed E-state index contributed by atoms with van der Waals surface area (Å²) in [4.78, 5) is 29.8. The zero-order chi connectivity index (χ0) is 22.3. The molecule has 172 valence electrons. The number of benzene rings is 1. The third-order valence-electron chi connectivity index (χ3n) is 7.92.